The maximum atomic E-state index is 5.01. The van der Waals surface area contributed by atoms with Crippen molar-refractivity contribution in [1.82, 2.24) is 0 Å². The Bertz CT molecular complexity index is 244. The van der Waals surface area contributed by atoms with Gasteiger partial charge in [0.2, 0.25) is 0 Å². The molecule has 0 aliphatic rings. The minimum absolute atomic E-state index is 0.897. The van der Waals surface area contributed by atoms with E-state index in [1.165, 1.54) is 43.9 Å². The second-order valence-corrected chi connectivity index (χ2v) is 3.79. The predicted octanol–water partition coefficient (Wildman–Crippen LogP) is 3.96. The molecule has 18 heavy (non-hydrogen) atoms. The number of hydrogen-bond acceptors (Lipinski definition) is 2. The summed E-state index contributed by atoms with van der Waals surface area (Å²) >= 11 is 0. The molecule has 106 valence electrons. The van der Waals surface area contributed by atoms with Crippen LogP contribution in [-0.4, -0.2) is 20.8 Å². The lowest BCUT2D eigenvalue weighted by molar-refractivity contribution is 0.192. The molecule has 1 rings (SSSR count). The van der Waals surface area contributed by atoms with Crippen molar-refractivity contribution in [2.45, 2.75) is 46.5 Å². The van der Waals surface area contributed by atoms with Gasteiger partial charge in [-0.2, -0.15) is 0 Å². The van der Waals surface area contributed by atoms with Crippen LogP contribution >= 0.6 is 0 Å². The second-order valence-electron chi connectivity index (χ2n) is 3.79. The lowest BCUT2D eigenvalue weighted by Gasteiger charge is -2.02. The average molecular weight is 253 g/mol. The average Bonchev–Trinajstić information content (AvgIpc) is 2.45. The predicted molar refractivity (Wildman–Crippen MR) is 82.1 cm³/mol. The van der Waals surface area contributed by atoms with Crippen LogP contribution in [0.3, 0.4) is 0 Å². The van der Waals surface area contributed by atoms with E-state index in [1.54, 1.807) is 7.11 Å². The van der Waals surface area contributed by atoms with E-state index in [4.69, 9.17) is 4.74 Å². The highest BCUT2D eigenvalue weighted by atomic mass is 16.5. The third-order valence-corrected chi connectivity index (χ3v) is 2.43. The molecule has 0 atom stereocenters. The van der Waals surface area contributed by atoms with Crippen LogP contribution in [0.15, 0.2) is 24.3 Å². The van der Waals surface area contributed by atoms with E-state index >= 15 is 0 Å². The van der Waals surface area contributed by atoms with Crippen molar-refractivity contribution >= 4 is 0 Å². The van der Waals surface area contributed by atoms with Gasteiger partial charge in [0, 0.05) is 13.7 Å². The van der Waals surface area contributed by atoms with E-state index in [9.17, 15) is 0 Å². The van der Waals surface area contributed by atoms with Gasteiger partial charge in [0.15, 0.2) is 0 Å². The van der Waals surface area contributed by atoms with Crippen molar-refractivity contribution in [3.8, 4) is 0 Å². The summed E-state index contributed by atoms with van der Waals surface area (Å²) < 4.78 is 5.01. The molecule has 0 fully saturated rings. The number of unbranched alkanes of at least 4 members (excludes halogenated alkanes) is 2. The molecule has 0 saturated carbocycles. The minimum Gasteiger partial charge on any atom is -0.385 e. The van der Waals surface area contributed by atoms with E-state index in [1.807, 2.05) is 13.8 Å². The van der Waals surface area contributed by atoms with Gasteiger partial charge in [-0.15, -0.1) is 0 Å². The van der Waals surface area contributed by atoms with Gasteiger partial charge in [0.1, 0.15) is 0 Å². The number of ether oxygens (including phenoxy) is 1. The number of benzene rings is 1. The van der Waals surface area contributed by atoms with Gasteiger partial charge in [-0.3, -0.25) is 0 Å². The second kappa shape index (κ2) is 16.1. The third kappa shape index (κ3) is 11.6. The molecule has 0 unspecified atom stereocenters. The van der Waals surface area contributed by atoms with Gasteiger partial charge in [0.25, 0.3) is 0 Å². The van der Waals surface area contributed by atoms with Crippen molar-refractivity contribution in [3.63, 3.8) is 0 Å². The fraction of sp³-hybridized carbons (Fsp3) is 0.625. The molecule has 2 nitrogen and oxygen atoms in total. The molecule has 0 bridgehead atoms. The quantitative estimate of drug-likeness (QED) is 0.779. The molecule has 0 aliphatic carbocycles. The number of nitrogens with two attached hydrogens (primary N) is 1. The number of aryl methyl sites for hydroxylation is 2. The van der Waals surface area contributed by atoms with E-state index in [2.05, 4.69) is 36.9 Å². The smallest absolute Gasteiger partial charge is 0.0462 e. The SMILES string of the molecule is CC.CN.COCCCCCc1ccc(C)cc1. The standard InChI is InChI=1S/C13H20O.C2H6.CH5N/c1-12-7-9-13(10-8-12)6-4-3-5-11-14-2;2*1-2/h7-10H,3-6,11H2,1-2H3;1-2H3;2H2,1H3. The van der Waals surface area contributed by atoms with Crippen LogP contribution in [0.1, 0.15) is 44.2 Å². The molecular formula is C16H31NO. The largest absolute Gasteiger partial charge is 0.385 e. The van der Waals surface area contributed by atoms with E-state index in [0.29, 0.717) is 0 Å². The zero-order valence-electron chi connectivity index (χ0n) is 12.8. The maximum absolute atomic E-state index is 5.01. The molecule has 1 aromatic carbocycles. The van der Waals surface area contributed by atoms with Gasteiger partial charge >= 0.3 is 0 Å². The van der Waals surface area contributed by atoms with Crippen LogP contribution in [0.2, 0.25) is 0 Å². The third-order valence-electron chi connectivity index (χ3n) is 2.43. The van der Waals surface area contributed by atoms with Gasteiger partial charge in [-0.05, 0) is 38.8 Å². The Kier molecular flexibility index (Phi) is 17.5. The highest BCUT2D eigenvalue weighted by Gasteiger charge is 1.93. The molecule has 0 spiro atoms. The van der Waals surface area contributed by atoms with Crippen LogP contribution in [0, 0.1) is 6.92 Å². The highest BCUT2D eigenvalue weighted by molar-refractivity contribution is 5.21. The van der Waals surface area contributed by atoms with E-state index in [0.717, 1.165) is 6.61 Å². The van der Waals surface area contributed by atoms with E-state index < -0.39 is 0 Å². The number of rotatable bonds is 6. The summed E-state index contributed by atoms with van der Waals surface area (Å²) in [6.45, 7) is 7.02. The topological polar surface area (TPSA) is 35.2 Å². The summed E-state index contributed by atoms with van der Waals surface area (Å²) in [4.78, 5) is 0. The molecular weight excluding hydrogens is 222 g/mol. The fourth-order valence-corrected chi connectivity index (χ4v) is 1.51. The molecule has 1 aromatic rings. The Morgan fingerprint density at radius 1 is 0.944 bits per heavy atom. The Balaban J connectivity index is 0. The fourth-order valence-electron chi connectivity index (χ4n) is 1.51. The number of hydrogen-bond donors (Lipinski definition) is 1. The lowest BCUT2D eigenvalue weighted by atomic mass is 10.1. The highest BCUT2D eigenvalue weighted by Crippen LogP contribution is 2.08. The van der Waals surface area contributed by atoms with Crippen molar-refractivity contribution < 1.29 is 4.74 Å². The maximum Gasteiger partial charge on any atom is 0.0462 e. The van der Waals surface area contributed by atoms with Gasteiger partial charge in [-0.1, -0.05) is 50.1 Å². The zero-order chi connectivity index (χ0) is 14.2. The van der Waals surface area contributed by atoms with Crippen molar-refractivity contribution in [1.29, 1.82) is 0 Å². The first kappa shape index (κ1) is 19.5. The summed E-state index contributed by atoms with van der Waals surface area (Å²) in [6, 6.07) is 8.83. The molecule has 0 heterocycles. The monoisotopic (exact) mass is 253 g/mol. The molecule has 0 amide bonds. The van der Waals surface area contributed by atoms with Crippen molar-refractivity contribution in [2.24, 2.45) is 5.73 Å². The molecule has 0 saturated heterocycles. The normalized spacial score (nSPS) is 8.78. The lowest BCUT2D eigenvalue weighted by Crippen LogP contribution is -1.90. The van der Waals surface area contributed by atoms with Gasteiger partial charge < -0.3 is 10.5 Å². The zero-order valence-corrected chi connectivity index (χ0v) is 12.8. The summed E-state index contributed by atoms with van der Waals surface area (Å²) in [5.74, 6) is 0. The molecule has 2 N–H and O–H groups in total. The molecule has 2 heteroatoms. The Hall–Kier alpha value is -0.860. The molecule has 0 aromatic heterocycles. The summed E-state index contributed by atoms with van der Waals surface area (Å²) in [5.41, 5.74) is 7.29. The number of methoxy groups -OCH3 is 1. The van der Waals surface area contributed by atoms with Gasteiger partial charge in [0.05, 0.1) is 0 Å². The molecule has 0 radical (unpaired) electrons. The van der Waals surface area contributed by atoms with E-state index in [-0.39, 0.29) is 0 Å². The van der Waals surface area contributed by atoms with Crippen LogP contribution in [-0.2, 0) is 11.2 Å². The first-order chi connectivity index (χ1) is 8.83. The first-order valence-corrected chi connectivity index (χ1v) is 6.95. The van der Waals surface area contributed by atoms with Crippen LogP contribution < -0.4 is 5.73 Å². The molecule has 0 aliphatic heterocycles. The summed E-state index contributed by atoms with van der Waals surface area (Å²) in [5, 5.41) is 0. The summed E-state index contributed by atoms with van der Waals surface area (Å²) in [7, 11) is 3.26. The van der Waals surface area contributed by atoms with Gasteiger partial charge in [-0.25, -0.2) is 0 Å². The Morgan fingerprint density at radius 3 is 2.00 bits per heavy atom. The van der Waals surface area contributed by atoms with Crippen LogP contribution in [0.25, 0.3) is 0 Å². The van der Waals surface area contributed by atoms with Crippen molar-refractivity contribution in [3.05, 3.63) is 35.4 Å². The summed E-state index contributed by atoms with van der Waals surface area (Å²) in [6.07, 6.45) is 4.92. The van der Waals surface area contributed by atoms with Crippen LogP contribution in [0.4, 0.5) is 0 Å². The van der Waals surface area contributed by atoms with Crippen molar-refractivity contribution in [2.75, 3.05) is 20.8 Å². The van der Waals surface area contributed by atoms with Crippen LogP contribution in [0.5, 0.6) is 0 Å². The Morgan fingerprint density at radius 2 is 1.50 bits per heavy atom. The Labute approximate surface area is 114 Å². The minimum atomic E-state index is 0.897. The first-order valence-electron chi connectivity index (χ1n) is 6.95.